The van der Waals surface area contributed by atoms with E-state index in [4.69, 9.17) is 10.8 Å². The maximum Gasteiger partial charge on any atom is 2.00 e. The van der Waals surface area contributed by atoms with Gasteiger partial charge in [-0.05, 0) is 29.7 Å². The zero-order valence-electron chi connectivity index (χ0n) is 22.7. The fraction of sp³-hybridized carbons (Fsp3) is 0.419. The average Bonchev–Trinajstić information content (AvgIpc) is 2.84. The largest absolute Gasteiger partial charge is 2.00 e. The number of nitrogens with zero attached hydrogens (tertiary/aromatic N) is 1. The molecule has 0 saturated heterocycles. The number of nitrogens with one attached hydrogen (secondary N) is 1. The summed E-state index contributed by atoms with van der Waals surface area (Å²) in [6.07, 6.45) is 3.85. The summed E-state index contributed by atoms with van der Waals surface area (Å²) < 4.78 is 0. The first-order chi connectivity index (χ1) is 16.2. The Labute approximate surface area is 233 Å². The molecule has 3 nitrogen and oxygen atoms in total. The van der Waals surface area contributed by atoms with E-state index in [0.717, 1.165) is 35.3 Å². The third-order valence-electron chi connectivity index (χ3n) is 5.75. The predicted molar refractivity (Wildman–Crippen MR) is 148 cm³/mol. The quantitative estimate of drug-likeness (QED) is 0.298. The van der Waals surface area contributed by atoms with Crippen molar-refractivity contribution in [2.45, 2.75) is 73.1 Å². The molecule has 1 aromatic heterocycles. The molecule has 0 aliphatic rings. The molecule has 0 spiro atoms. The van der Waals surface area contributed by atoms with Crippen molar-refractivity contribution in [1.82, 2.24) is 4.98 Å². The van der Waals surface area contributed by atoms with Gasteiger partial charge in [0.2, 0.25) is 0 Å². The maximum absolute atomic E-state index is 8.99. The predicted octanol–water partition coefficient (Wildman–Crippen LogP) is 8.91. The first kappa shape index (κ1) is 33.1. The van der Waals surface area contributed by atoms with Crippen molar-refractivity contribution in [3.05, 3.63) is 107 Å². The number of pyridine rings is 1. The van der Waals surface area contributed by atoms with Crippen LogP contribution >= 0.6 is 0 Å². The Balaban J connectivity index is 0.000000496. The van der Waals surface area contributed by atoms with Gasteiger partial charge >= 0.3 is 26.2 Å². The van der Waals surface area contributed by atoms with Crippen LogP contribution in [0.4, 0.5) is 5.69 Å². The molecule has 4 heteroatoms. The minimum atomic E-state index is 0. The van der Waals surface area contributed by atoms with Crippen LogP contribution in [0, 0.1) is 11.8 Å². The molecule has 0 aliphatic carbocycles. The summed E-state index contributed by atoms with van der Waals surface area (Å²) in [4.78, 5) is 4.14. The van der Waals surface area contributed by atoms with E-state index in [1.165, 1.54) is 11.5 Å². The molecule has 3 aromatic rings. The van der Waals surface area contributed by atoms with Gasteiger partial charge in [-0.1, -0.05) is 112 Å². The number of hydrogen-bond acceptors (Lipinski definition) is 2. The first-order valence-electron chi connectivity index (χ1n) is 12.4. The van der Waals surface area contributed by atoms with E-state index < -0.39 is 0 Å². The summed E-state index contributed by atoms with van der Waals surface area (Å²) in [5, 5.41) is 8.99. The normalized spacial score (nSPS) is 10.9. The van der Waals surface area contributed by atoms with Crippen molar-refractivity contribution >= 4 is 5.69 Å². The minimum Gasteiger partial charge on any atom is -0.698 e. The van der Waals surface area contributed by atoms with Gasteiger partial charge in [0.15, 0.2) is 0 Å². The van der Waals surface area contributed by atoms with Gasteiger partial charge in [0.05, 0.1) is 0 Å². The van der Waals surface area contributed by atoms with Gasteiger partial charge in [-0.3, -0.25) is 4.98 Å². The average molecular weight is 552 g/mol. The topological polar surface area (TPSA) is 56.9 Å². The van der Waals surface area contributed by atoms with Crippen molar-refractivity contribution in [2.75, 3.05) is 6.61 Å². The summed E-state index contributed by atoms with van der Waals surface area (Å²) in [5.41, 5.74) is 13.5. The van der Waals surface area contributed by atoms with Gasteiger partial charge in [0.25, 0.3) is 0 Å². The second kappa shape index (κ2) is 18.4. The molecule has 188 valence electrons. The van der Waals surface area contributed by atoms with Gasteiger partial charge in [0.1, 0.15) is 0 Å². The van der Waals surface area contributed by atoms with Crippen LogP contribution in [0.2, 0.25) is 0 Å². The Bertz CT molecular complexity index is 882. The van der Waals surface area contributed by atoms with Gasteiger partial charge < -0.3 is 10.8 Å². The van der Waals surface area contributed by atoms with Crippen molar-refractivity contribution < 1.29 is 31.3 Å². The molecule has 2 N–H and O–H groups in total. The molecule has 1 atom stereocenters. The second-order valence-electron chi connectivity index (χ2n) is 9.48. The Kier molecular flexibility index (Phi) is 17.4. The van der Waals surface area contributed by atoms with Gasteiger partial charge in [0, 0.05) is 12.8 Å². The Morgan fingerprint density at radius 3 is 1.74 bits per heavy atom. The monoisotopic (exact) mass is 550 g/mol. The van der Waals surface area contributed by atoms with E-state index in [-0.39, 0.29) is 26.2 Å². The molecule has 0 fully saturated rings. The smallest absolute Gasteiger partial charge is 0.698 e. The van der Waals surface area contributed by atoms with Crippen molar-refractivity contribution in [1.29, 1.82) is 0 Å². The first-order valence-corrected chi connectivity index (χ1v) is 12.4. The standard InChI is InChI=1S/C12H18N.C11H16O.C8H10N.Zr/c1-8(2)10-6-5-7-11(9(3)4)12(10)13;1-2-10(9-12)8-11-6-4-3-5-7-11;1-7(2)8-5-3-4-6-9-8;/h5-9,13H,1-4H3;3-7,10,12H,2,8-9H2,1H3;3-6H,1-2H3;/q-1;;-1;+2. The van der Waals surface area contributed by atoms with Crippen molar-refractivity contribution in [3.63, 3.8) is 0 Å². The van der Waals surface area contributed by atoms with Crippen LogP contribution in [0.5, 0.6) is 0 Å². The van der Waals surface area contributed by atoms with Crippen LogP contribution in [0.3, 0.4) is 0 Å². The molecule has 3 rings (SSSR count). The molecule has 0 bridgehead atoms. The third-order valence-corrected chi connectivity index (χ3v) is 5.75. The fourth-order valence-corrected chi connectivity index (χ4v) is 3.49. The summed E-state index contributed by atoms with van der Waals surface area (Å²) in [6.45, 7) is 15.1. The van der Waals surface area contributed by atoms with Crippen LogP contribution < -0.4 is 0 Å². The number of hydrogen-bond donors (Lipinski definition) is 1. The van der Waals surface area contributed by atoms with Crippen molar-refractivity contribution in [3.8, 4) is 0 Å². The molecular formula is C31H44N2OZr. The number of aliphatic hydroxyl groups is 1. The SMILES string of the molecule is CC(C)c1cccc(C(C)C)c1[NH-].CCC(CO)Cc1ccccc1.C[C-](C)c1ccccn1.[Zr+2]. The summed E-state index contributed by atoms with van der Waals surface area (Å²) in [5.74, 6) is 2.58. The van der Waals surface area contributed by atoms with Gasteiger partial charge in [-0.25, -0.2) is 0 Å². The molecule has 0 aliphatic heterocycles. The third kappa shape index (κ3) is 12.6. The number of benzene rings is 2. The molecule has 0 amide bonds. The second-order valence-corrected chi connectivity index (χ2v) is 9.48. The van der Waals surface area contributed by atoms with E-state index in [1.54, 1.807) is 0 Å². The minimum absolute atomic E-state index is 0. The van der Waals surface area contributed by atoms with Gasteiger partial charge in [-0.15, -0.1) is 25.6 Å². The molecule has 1 unspecified atom stereocenters. The molecule has 0 saturated carbocycles. The van der Waals surface area contributed by atoms with Crippen LogP contribution in [0.1, 0.15) is 89.1 Å². The van der Waals surface area contributed by atoms with Crippen molar-refractivity contribution in [2.24, 2.45) is 5.92 Å². The molecular weight excluding hydrogens is 508 g/mol. The van der Waals surface area contributed by atoms with Crippen LogP contribution in [-0.4, -0.2) is 16.7 Å². The van der Waals surface area contributed by atoms with Crippen LogP contribution in [-0.2, 0) is 32.6 Å². The molecule has 2 aromatic carbocycles. The van der Waals surface area contributed by atoms with E-state index in [9.17, 15) is 0 Å². The van der Waals surface area contributed by atoms with Crippen LogP contribution in [0.15, 0.2) is 72.9 Å². The zero-order chi connectivity index (χ0) is 25.5. The molecule has 1 heterocycles. The summed E-state index contributed by atoms with van der Waals surface area (Å²) in [6, 6.07) is 22.4. The summed E-state index contributed by atoms with van der Waals surface area (Å²) in [7, 11) is 0. The Morgan fingerprint density at radius 2 is 1.37 bits per heavy atom. The number of aliphatic hydroxyl groups excluding tert-OH is 1. The number of aromatic nitrogens is 1. The Morgan fingerprint density at radius 1 is 0.829 bits per heavy atom. The van der Waals surface area contributed by atoms with E-state index in [2.05, 4.69) is 83.8 Å². The van der Waals surface area contributed by atoms with Crippen LogP contribution in [0.25, 0.3) is 5.73 Å². The van der Waals surface area contributed by atoms with E-state index >= 15 is 0 Å². The number of rotatable bonds is 7. The van der Waals surface area contributed by atoms with E-state index in [1.807, 2.05) is 42.6 Å². The summed E-state index contributed by atoms with van der Waals surface area (Å²) >= 11 is 0. The van der Waals surface area contributed by atoms with E-state index in [0.29, 0.717) is 24.4 Å². The van der Waals surface area contributed by atoms with Gasteiger partial charge in [-0.2, -0.15) is 12.0 Å². The molecule has 35 heavy (non-hydrogen) atoms. The molecule has 0 radical (unpaired) electrons. The Hall–Kier alpha value is -1.90. The zero-order valence-corrected chi connectivity index (χ0v) is 25.1. The maximum atomic E-state index is 8.99. The fourth-order valence-electron chi connectivity index (χ4n) is 3.49.